The van der Waals surface area contributed by atoms with Crippen LogP contribution < -0.4 is 15.6 Å². The maximum atomic E-state index is 13.2. The summed E-state index contributed by atoms with van der Waals surface area (Å²) < 4.78 is 7.00. The van der Waals surface area contributed by atoms with Gasteiger partial charge in [0.25, 0.3) is 11.5 Å². The number of hydrogen-bond donors (Lipinski definition) is 2. The predicted molar refractivity (Wildman–Crippen MR) is 120 cm³/mol. The summed E-state index contributed by atoms with van der Waals surface area (Å²) in [4.78, 5) is 26.1. The van der Waals surface area contributed by atoms with E-state index in [9.17, 15) is 14.7 Å². The molecule has 0 aliphatic heterocycles. The molecule has 0 fully saturated rings. The summed E-state index contributed by atoms with van der Waals surface area (Å²) in [6, 6.07) is 14.0. The van der Waals surface area contributed by atoms with Gasteiger partial charge >= 0.3 is 0 Å². The monoisotopic (exact) mass is 408 g/mol. The fraction of sp³-hybridized carbons (Fsp3) is 0.333. The number of rotatable bonds is 9. The van der Waals surface area contributed by atoms with Gasteiger partial charge < -0.3 is 19.7 Å². The van der Waals surface area contributed by atoms with Gasteiger partial charge in [-0.15, -0.1) is 0 Å². The summed E-state index contributed by atoms with van der Waals surface area (Å²) in [5.41, 5.74) is 0.434. The lowest BCUT2D eigenvalue weighted by atomic mass is 10.1. The summed E-state index contributed by atoms with van der Waals surface area (Å²) >= 11 is 0. The highest BCUT2D eigenvalue weighted by Gasteiger charge is 2.22. The summed E-state index contributed by atoms with van der Waals surface area (Å²) in [5.74, 6) is -0.225. The Hall–Kier alpha value is -3.28. The first-order valence-electron chi connectivity index (χ1n) is 10.5. The molecule has 30 heavy (non-hydrogen) atoms. The molecule has 1 amide bonds. The number of ether oxygens (including phenoxy) is 1. The molecule has 3 aromatic rings. The molecule has 0 radical (unpaired) electrons. The van der Waals surface area contributed by atoms with Crippen LogP contribution in [0.2, 0.25) is 0 Å². The smallest absolute Gasteiger partial charge is 0.267 e. The van der Waals surface area contributed by atoms with E-state index in [1.165, 1.54) is 0 Å². The van der Waals surface area contributed by atoms with Crippen molar-refractivity contribution >= 4 is 22.5 Å². The highest BCUT2D eigenvalue weighted by atomic mass is 16.5. The largest absolute Gasteiger partial charge is 0.506 e. The van der Waals surface area contributed by atoms with E-state index < -0.39 is 11.5 Å². The number of hydrogen-bond acceptors (Lipinski definition) is 4. The Morgan fingerprint density at radius 1 is 1.03 bits per heavy atom. The lowest BCUT2D eigenvalue weighted by Gasteiger charge is -2.15. The Morgan fingerprint density at radius 2 is 1.77 bits per heavy atom. The number of fused-ring (bicyclic) bond motifs is 1. The maximum Gasteiger partial charge on any atom is 0.267 e. The molecule has 1 heterocycles. The molecule has 158 valence electrons. The van der Waals surface area contributed by atoms with Crippen molar-refractivity contribution in [3.8, 4) is 11.5 Å². The number of carbonyl (C=O) groups is 1. The predicted octanol–water partition coefficient (Wildman–Crippen LogP) is 4.94. The van der Waals surface area contributed by atoms with Gasteiger partial charge in [0.1, 0.15) is 17.1 Å². The minimum atomic E-state index is -0.630. The number of amides is 1. The second-order valence-electron chi connectivity index (χ2n) is 7.17. The van der Waals surface area contributed by atoms with Gasteiger partial charge in [0, 0.05) is 17.6 Å². The third-order valence-corrected chi connectivity index (χ3v) is 5.03. The number of carbonyl (C=O) groups excluding carboxylic acids is 1. The Labute approximate surface area is 176 Å². The molecule has 0 saturated heterocycles. The Kier molecular flexibility index (Phi) is 7.12. The number of benzene rings is 2. The molecular formula is C24H28N2O4. The average molecular weight is 408 g/mol. The number of unbranched alkanes of at least 4 members (excludes halogenated alkanes) is 3. The van der Waals surface area contributed by atoms with E-state index in [2.05, 4.69) is 12.2 Å². The van der Waals surface area contributed by atoms with Crippen molar-refractivity contribution in [2.45, 2.75) is 46.1 Å². The molecule has 0 aliphatic rings. The maximum absolute atomic E-state index is 13.2. The normalized spacial score (nSPS) is 10.9. The summed E-state index contributed by atoms with van der Waals surface area (Å²) in [5, 5.41) is 13.9. The van der Waals surface area contributed by atoms with E-state index >= 15 is 0 Å². The van der Waals surface area contributed by atoms with Crippen molar-refractivity contribution in [1.82, 2.24) is 4.57 Å². The SMILES string of the molecule is CCCCCCn1c(=O)c(C(=O)Nc2ccc(OCC)cc2)c(O)c2ccccc21. The fourth-order valence-electron chi connectivity index (χ4n) is 3.51. The highest BCUT2D eigenvalue weighted by Crippen LogP contribution is 2.27. The van der Waals surface area contributed by atoms with Gasteiger partial charge in [-0.2, -0.15) is 0 Å². The van der Waals surface area contributed by atoms with Crippen LogP contribution in [0.25, 0.3) is 10.9 Å². The third kappa shape index (κ3) is 4.64. The van der Waals surface area contributed by atoms with E-state index in [4.69, 9.17) is 4.74 Å². The molecule has 3 rings (SSSR count). The highest BCUT2D eigenvalue weighted by molar-refractivity contribution is 6.09. The van der Waals surface area contributed by atoms with Gasteiger partial charge in [-0.05, 0) is 49.7 Å². The van der Waals surface area contributed by atoms with Crippen LogP contribution in [0, 0.1) is 0 Å². The van der Waals surface area contributed by atoms with Gasteiger partial charge in [-0.25, -0.2) is 0 Å². The minimum absolute atomic E-state index is 0.238. The lowest BCUT2D eigenvalue weighted by molar-refractivity contribution is 0.102. The molecule has 0 aliphatic carbocycles. The van der Waals surface area contributed by atoms with Crippen molar-refractivity contribution < 1.29 is 14.6 Å². The van der Waals surface area contributed by atoms with E-state index in [0.29, 0.717) is 35.5 Å². The lowest BCUT2D eigenvalue weighted by Crippen LogP contribution is -2.30. The average Bonchev–Trinajstić information content (AvgIpc) is 2.75. The van der Waals surface area contributed by atoms with E-state index in [1.807, 2.05) is 13.0 Å². The number of anilines is 1. The zero-order valence-electron chi connectivity index (χ0n) is 17.5. The molecule has 1 aromatic heterocycles. The van der Waals surface area contributed by atoms with E-state index in [1.54, 1.807) is 47.0 Å². The third-order valence-electron chi connectivity index (χ3n) is 5.03. The second-order valence-corrected chi connectivity index (χ2v) is 7.17. The summed E-state index contributed by atoms with van der Waals surface area (Å²) in [7, 11) is 0. The van der Waals surface area contributed by atoms with Crippen molar-refractivity contribution in [3.63, 3.8) is 0 Å². The van der Waals surface area contributed by atoms with Crippen LogP contribution in [-0.2, 0) is 6.54 Å². The zero-order chi connectivity index (χ0) is 21.5. The van der Waals surface area contributed by atoms with Crippen molar-refractivity contribution in [2.24, 2.45) is 0 Å². The number of nitrogens with zero attached hydrogens (tertiary/aromatic N) is 1. The molecule has 6 heteroatoms. The van der Waals surface area contributed by atoms with Gasteiger partial charge in [-0.1, -0.05) is 38.3 Å². The molecule has 0 saturated carbocycles. The van der Waals surface area contributed by atoms with Crippen LogP contribution in [0.3, 0.4) is 0 Å². The number of aromatic nitrogens is 1. The van der Waals surface area contributed by atoms with Gasteiger partial charge in [-0.3, -0.25) is 9.59 Å². The van der Waals surface area contributed by atoms with Gasteiger partial charge in [0.15, 0.2) is 0 Å². The van der Waals surface area contributed by atoms with Gasteiger partial charge in [0.05, 0.1) is 12.1 Å². The molecule has 2 N–H and O–H groups in total. The first-order valence-corrected chi connectivity index (χ1v) is 10.5. The molecule has 0 bridgehead atoms. The Morgan fingerprint density at radius 3 is 2.47 bits per heavy atom. The number of pyridine rings is 1. The van der Waals surface area contributed by atoms with Gasteiger partial charge in [0.2, 0.25) is 0 Å². The van der Waals surface area contributed by atoms with Crippen LogP contribution in [0.15, 0.2) is 53.3 Å². The molecule has 0 spiro atoms. The standard InChI is InChI=1S/C24H28N2O4/c1-3-5-6-9-16-26-20-11-8-7-10-19(20)22(27)21(24(26)29)23(28)25-17-12-14-18(15-13-17)30-4-2/h7-8,10-15,27H,3-6,9,16H2,1-2H3,(H,25,28). The van der Waals surface area contributed by atoms with Crippen molar-refractivity contribution in [1.29, 1.82) is 0 Å². The Bertz CT molecular complexity index is 1070. The second kappa shape index (κ2) is 9.96. The van der Waals surface area contributed by atoms with Crippen molar-refractivity contribution in [3.05, 3.63) is 64.4 Å². The summed E-state index contributed by atoms with van der Waals surface area (Å²) in [6.45, 7) is 5.08. The first kappa shape index (κ1) is 21.4. The first-order chi connectivity index (χ1) is 14.6. The van der Waals surface area contributed by atoms with Crippen LogP contribution in [-0.4, -0.2) is 22.2 Å². The zero-order valence-corrected chi connectivity index (χ0v) is 17.5. The van der Waals surface area contributed by atoms with Crippen LogP contribution in [0.5, 0.6) is 11.5 Å². The van der Waals surface area contributed by atoms with Crippen LogP contribution in [0.4, 0.5) is 5.69 Å². The molecule has 6 nitrogen and oxygen atoms in total. The molecule has 0 unspecified atom stereocenters. The quantitative estimate of drug-likeness (QED) is 0.492. The van der Waals surface area contributed by atoms with Crippen LogP contribution in [0.1, 0.15) is 49.9 Å². The van der Waals surface area contributed by atoms with Crippen molar-refractivity contribution in [2.75, 3.05) is 11.9 Å². The number of aromatic hydroxyl groups is 1. The minimum Gasteiger partial charge on any atom is -0.506 e. The topological polar surface area (TPSA) is 80.6 Å². The fourth-order valence-corrected chi connectivity index (χ4v) is 3.51. The number of aryl methyl sites for hydroxylation is 1. The molecular weight excluding hydrogens is 380 g/mol. The number of para-hydroxylation sites is 1. The van der Waals surface area contributed by atoms with Crippen LogP contribution >= 0.6 is 0 Å². The summed E-state index contributed by atoms with van der Waals surface area (Å²) in [6.07, 6.45) is 4.03. The van der Waals surface area contributed by atoms with E-state index in [0.717, 1.165) is 25.7 Å². The molecule has 2 aromatic carbocycles. The Balaban J connectivity index is 1.95. The number of nitrogens with one attached hydrogen (secondary N) is 1. The molecule has 0 atom stereocenters. The van der Waals surface area contributed by atoms with E-state index in [-0.39, 0.29) is 11.3 Å².